The predicted octanol–water partition coefficient (Wildman–Crippen LogP) is -8.11. The third-order valence-electron chi connectivity index (χ3n) is 13.5. The van der Waals surface area contributed by atoms with Crippen LogP contribution in [0.25, 0.3) is 0 Å². The highest BCUT2D eigenvalue weighted by molar-refractivity contribution is 6.02. The third-order valence-corrected chi connectivity index (χ3v) is 13.5. The predicted molar refractivity (Wildman–Crippen MR) is 316 cm³/mol. The molecule has 2 heterocycles. The van der Waals surface area contributed by atoms with Crippen molar-refractivity contribution in [3.8, 4) is 0 Å². The summed E-state index contributed by atoms with van der Waals surface area (Å²) in [6.45, 7) is 0.258. The van der Waals surface area contributed by atoms with Crippen molar-refractivity contribution in [3.05, 3.63) is 30.0 Å². The molecule has 1 aromatic heterocycles. The summed E-state index contributed by atoms with van der Waals surface area (Å²) in [5.74, 6) is -7.82. The number of aromatic amines is 1. The summed E-state index contributed by atoms with van der Waals surface area (Å²) in [4.78, 5) is 149. The lowest BCUT2D eigenvalue weighted by Crippen LogP contribution is -2.59. The summed E-state index contributed by atoms with van der Waals surface area (Å²) in [6.07, 6.45) is 8.25. The van der Waals surface area contributed by atoms with Crippen LogP contribution in [-0.2, 0) is 54.4 Å². The van der Waals surface area contributed by atoms with Crippen molar-refractivity contribution in [2.24, 2.45) is 56.6 Å². The zero-order valence-electron chi connectivity index (χ0n) is 48.7. The number of carbonyl (C=O) groups is 10. The van der Waals surface area contributed by atoms with E-state index in [9.17, 15) is 53.1 Å². The maximum Gasteiger partial charge on any atom is 0.268 e. The molecule has 2 rings (SSSR count). The van der Waals surface area contributed by atoms with Gasteiger partial charge in [-0.1, -0.05) is 12.5 Å². The summed E-state index contributed by atoms with van der Waals surface area (Å²) >= 11 is 0. The SMILES string of the molecule is NCCCCNC(=O)[C@H](CCCCN)NC(=O)/C(=C/CCN=C(N)N)NC(=O)[C@H](CCCCN)NC(=O)[C@H](Cc1cnc[nH]1)NC(=O)[C@@H]1CCCN1C(=O)[C@@H](CCCN)NC(=O)CNC(=O)CNC(=O)[C@@H](NC(=O)[C@@H](N)CCCCN)[C@@H](O)CN. The molecular weight excluding hydrogens is 1110 g/mol. The minimum atomic E-state index is -1.56. The second-order valence-electron chi connectivity index (χ2n) is 20.4. The van der Waals surface area contributed by atoms with Crippen LogP contribution >= 0.6 is 0 Å². The molecule has 1 aromatic rings. The molecule has 8 atom stereocenters. The van der Waals surface area contributed by atoms with Gasteiger partial charge in [0.1, 0.15) is 41.9 Å². The lowest BCUT2D eigenvalue weighted by Gasteiger charge is -2.30. The van der Waals surface area contributed by atoms with Crippen LogP contribution in [0.3, 0.4) is 0 Å². The number of imidazole rings is 1. The Kier molecular flexibility index (Phi) is 36.8. The molecule has 0 bridgehead atoms. The van der Waals surface area contributed by atoms with Crippen LogP contribution in [-0.4, -0.2) is 205 Å². The molecule has 0 radical (unpaired) electrons. The van der Waals surface area contributed by atoms with Crippen molar-refractivity contribution in [3.63, 3.8) is 0 Å². The summed E-state index contributed by atoms with van der Waals surface area (Å²) in [7, 11) is 0. The number of nitrogens with zero attached hydrogens (tertiary/aromatic N) is 3. The van der Waals surface area contributed by atoms with E-state index < -0.39 is 127 Å². The van der Waals surface area contributed by atoms with E-state index in [1.807, 2.05) is 0 Å². The number of aliphatic imine (C=N–C) groups is 1. The van der Waals surface area contributed by atoms with Gasteiger partial charge in [0.2, 0.25) is 53.2 Å². The van der Waals surface area contributed by atoms with Crippen LogP contribution in [0.2, 0.25) is 0 Å². The summed E-state index contributed by atoms with van der Waals surface area (Å²) in [6, 6.07) is -8.62. The molecule has 0 aliphatic carbocycles. The largest absolute Gasteiger partial charge is 0.389 e. The zero-order chi connectivity index (χ0) is 63.1. The van der Waals surface area contributed by atoms with Gasteiger partial charge in [-0.2, -0.15) is 0 Å². The number of carbonyl (C=O) groups excluding carboxylic acids is 10. The highest BCUT2D eigenvalue weighted by atomic mass is 16.3. The van der Waals surface area contributed by atoms with Gasteiger partial charge in [-0.3, -0.25) is 52.9 Å². The van der Waals surface area contributed by atoms with Crippen molar-refractivity contribution in [1.29, 1.82) is 0 Å². The minimum Gasteiger partial charge on any atom is -0.389 e. The van der Waals surface area contributed by atoms with E-state index in [0.29, 0.717) is 89.7 Å². The summed E-state index contributed by atoms with van der Waals surface area (Å²) in [5, 5.41) is 33.6. The molecule has 0 spiro atoms. The van der Waals surface area contributed by atoms with Gasteiger partial charge in [0.05, 0.1) is 31.6 Å². The smallest absolute Gasteiger partial charge is 0.268 e. The molecule has 10 amide bonds. The van der Waals surface area contributed by atoms with E-state index >= 15 is 0 Å². The summed E-state index contributed by atoms with van der Waals surface area (Å²) < 4.78 is 0. The number of rotatable bonds is 44. The van der Waals surface area contributed by atoms with E-state index in [1.54, 1.807) is 0 Å². The van der Waals surface area contributed by atoms with Gasteiger partial charge in [-0.15, -0.1) is 0 Å². The number of aliphatic hydroxyl groups is 1. The molecule has 0 saturated carbocycles. The number of guanidine groups is 1. The molecule has 0 unspecified atom stereocenters. The Labute approximate surface area is 495 Å². The average molecular weight is 1210 g/mol. The third kappa shape index (κ3) is 28.8. The van der Waals surface area contributed by atoms with Crippen LogP contribution in [0.5, 0.6) is 0 Å². The van der Waals surface area contributed by atoms with Gasteiger partial charge < -0.3 is 114 Å². The second-order valence-corrected chi connectivity index (χ2v) is 20.4. The Balaban J connectivity index is 2.31. The van der Waals surface area contributed by atoms with E-state index in [2.05, 4.69) is 62.8 Å². The fourth-order valence-corrected chi connectivity index (χ4v) is 8.77. The molecule has 1 aliphatic heterocycles. The molecule has 0 aromatic carbocycles. The van der Waals surface area contributed by atoms with Crippen molar-refractivity contribution in [2.75, 3.05) is 72.0 Å². The second kappa shape index (κ2) is 42.4. The van der Waals surface area contributed by atoms with Gasteiger partial charge in [-0.05, 0) is 129 Å². The molecule has 33 nitrogen and oxygen atoms in total. The van der Waals surface area contributed by atoms with Crippen LogP contribution in [0, 0.1) is 0 Å². The molecule has 1 aliphatic rings. The molecule has 33 heteroatoms. The lowest BCUT2D eigenvalue weighted by molar-refractivity contribution is -0.142. The number of H-pyrrole nitrogens is 1. The number of nitrogens with one attached hydrogen (secondary N) is 10. The van der Waals surface area contributed by atoms with Crippen LogP contribution < -0.4 is 99.5 Å². The number of likely N-dealkylation sites (tertiary alicyclic amines) is 1. The fraction of sp³-hybridized carbons (Fsp3) is 0.692. The number of unbranched alkanes of at least 4 members (excludes halogenated alkanes) is 4. The number of hydrogen-bond acceptors (Lipinski definition) is 20. The standard InChI is InChI=1S/C52H96N22O11/c53-18-4-1-12-33(59)44(78)73-43(40(75)27-58)50(84)66-29-41(76)65-30-42(77)68-37(15-9-22-57)51(85)74-25-11-17-39(74)49(83)72-38(26-32-28-62-31-67-32)48(82)71-35(14-3-6-20-55)46(80)70-36(16-10-24-64-52(60)61)47(81)69-34(13-2-5-19-54)45(79)63-23-8-7-21-56/h16,28,31,33-35,37-40,43,75H,1-15,17-27,29-30,53-59H2,(H,62,67)(H,63,79)(H,65,76)(H,66,84)(H,68,77)(H,69,81)(H,70,80)(H,71,82)(H,72,83)(H,73,78)(H4,60,61,64)/b36-16-/t33-,34-,35-,37+,38-,39-,40-,43-/m0/s1. The molecule has 1 saturated heterocycles. The highest BCUT2D eigenvalue weighted by Crippen LogP contribution is 2.21. The average Bonchev–Trinajstić information content (AvgIpc) is 4.45. The van der Waals surface area contributed by atoms with Gasteiger partial charge in [0, 0.05) is 44.5 Å². The van der Waals surface area contributed by atoms with Crippen LogP contribution in [0.15, 0.2) is 29.3 Å². The Morgan fingerprint density at radius 3 is 1.88 bits per heavy atom. The van der Waals surface area contributed by atoms with Crippen LogP contribution in [0.4, 0.5) is 0 Å². The van der Waals surface area contributed by atoms with Gasteiger partial charge in [0.25, 0.3) is 5.91 Å². The van der Waals surface area contributed by atoms with E-state index in [-0.39, 0.29) is 89.2 Å². The normalized spacial score (nSPS) is 15.6. The maximum absolute atomic E-state index is 14.5. The van der Waals surface area contributed by atoms with Crippen LogP contribution in [0.1, 0.15) is 108 Å². The first-order chi connectivity index (χ1) is 40.7. The van der Waals surface area contributed by atoms with E-state index in [1.165, 1.54) is 23.5 Å². The minimum absolute atomic E-state index is 0.0307. The topological polar surface area (TPSA) is 578 Å². The van der Waals surface area contributed by atoms with Gasteiger partial charge in [-0.25, -0.2) is 4.98 Å². The quantitative estimate of drug-likeness (QED) is 0.0125. The Morgan fingerprint density at radius 2 is 1.27 bits per heavy atom. The van der Waals surface area contributed by atoms with Crippen molar-refractivity contribution >= 4 is 65.0 Å². The Hall–Kier alpha value is -7.40. The molecule has 1 fully saturated rings. The molecule has 29 N–H and O–H groups in total. The zero-order valence-corrected chi connectivity index (χ0v) is 48.7. The number of nitrogens with two attached hydrogens (primary N) is 9. The van der Waals surface area contributed by atoms with Gasteiger partial charge in [0.15, 0.2) is 5.96 Å². The highest BCUT2D eigenvalue weighted by Gasteiger charge is 2.40. The monoisotopic (exact) mass is 1200 g/mol. The number of aromatic nitrogens is 2. The van der Waals surface area contributed by atoms with Gasteiger partial charge >= 0.3 is 0 Å². The Morgan fingerprint density at radius 1 is 0.659 bits per heavy atom. The Bertz CT molecular complexity index is 2310. The van der Waals surface area contributed by atoms with Crippen molar-refractivity contribution < 1.29 is 53.1 Å². The van der Waals surface area contributed by atoms with E-state index in [0.717, 1.165) is 0 Å². The first-order valence-electron chi connectivity index (χ1n) is 29.1. The maximum atomic E-state index is 14.5. The van der Waals surface area contributed by atoms with Crippen molar-refractivity contribution in [1.82, 2.24) is 62.7 Å². The van der Waals surface area contributed by atoms with Crippen molar-refractivity contribution in [2.45, 2.75) is 158 Å². The number of aliphatic hydroxyl groups excluding tert-OH is 1. The number of amides is 10. The molecule has 85 heavy (non-hydrogen) atoms. The molecule has 480 valence electrons. The summed E-state index contributed by atoms with van der Waals surface area (Å²) in [5.41, 5.74) is 51.1. The number of hydrogen-bond donors (Lipinski definition) is 20. The van der Waals surface area contributed by atoms with E-state index in [4.69, 9.17) is 51.6 Å². The lowest BCUT2D eigenvalue weighted by atomic mass is 10.0. The molecular formula is C52H96N22O11. The fourth-order valence-electron chi connectivity index (χ4n) is 8.77. The first kappa shape index (κ1) is 73.7. The first-order valence-corrected chi connectivity index (χ1v) is 29.1.